The Morgan fingerprint density at radius 3 is 2.70 bits per heavy atom. The molecular weight excluding hydrogens is 630 g/mol. The monoisotopic (exact) mass is 691 g/mol. The smallest absolute Gasteiger partial charge is 0.190 e. The van der Waals surface area contributed by atoms with Gasteiger partial charge in [-0.15, -0.1) is 4.99 Å². The predicted molar refractivity (Wildman–Crippen MR) is 197 cm³/mol. The highest BCUT2D eigenvalue weighted by Gasteiger charge is 2.58. The van der Waals surface area contributed by atoms with Crippen molar-refractivity contribution in [1.29, 1.82) is 0 Å². The molecule has 3 aliphatic carbocycles. The minimum Gasteiger partial charge on any atom is -0.592 e. The molecule has 6 rings (SSSR count). The lowest BCUT2D eigenvalue weighted by molar-refractivity contribution is 0.101. The largest absolute Gasteiger partial charge is 0.592 e. The summed E-state index contributed by atoms with van der Waals surface area (Å²) in [5.74, 6) is 3.66. The van der Waals surface area contributed by atoms with E-state index in [-0.39, 0.29) is 42.4 Å². The van der Waals surface area contributed by atoms with E-state index in [1.165, 1.54) is 50.5 Å². The number of benzene rings is 1. The molecule has 0 bridgehead atoms. The van der Waals surface area contributed by atoms with E-state index in [0.29, 0.717) is 43.0 Å². The molecule has 1 spiro atoms. The van der Waals surface area contributed by atoms with Crippen molar-refractivity contribution < 1.29 is 29.9 Å². The number of rotatable bonds is 17. The summed E-state index contributed by atoms with van der Waals surface area (Å²) in [4.78, 5) is 5.18. The van der Waals surface area contributed by atoms with Gasteiger partial charge in [0.25, 0.3) is 0 Å². The van der Waals surface area contributed by atoms with Crippen molar-refractivity contribution in [1.82, 2.24) is 10.6 Å². The van der Waals surface area contributed by atoms with Gasteiger partial charge in [0.15, 0.2) is 29.4 Å². The average Bonchev–Trinajstić information content (AvgIpc) is 3.92. The number of ether oxygens (including phenoxy) is 2. The summed E-state index contributed by atoms with van der Waals surface area (Å²) in [5.41, 5.74) is 3.66. The maximum absolute atomic E-state index is 11.5. The van der Waals surface area contributed by atoms with Gasteiger partial charge < -0.3 is 40.5 Å². The number of aliphatic imine (C=N–C) groups is 1. The van der Waals surface area contributed by atoms with Crippen LogP contribution in [0.5, 0.6) is 11.5 Å². The van der Waals surface area contributed by atoms with Gasteiger partial charge in [-0.2, -0.15) is 12.0 Å². The second-order valence-corrected chi connectivity index (χ2v) is 15.7. The summed E-state index contributed by atoms with van der Waals surface area (Å²) in [6.45, 7) is 5.31. The Balaban J connectivity index is 1.15. The first-order valence-corrected chi connectivity index (χ1v) is 19.4. The zero-order chi connectivity index (χ0) is 35.3. The van der Waals surface area contributed by atoms with Crippen LogP contribution >= 0.6 is 0 Å². The maximum Gasteiger partial charge on any atom is 0.190 e. The number of likely N-dealkylation sites (N-methyl/N-ethyl adjacent to an activating group) is 1. The normalized spacial score (nSPS) is 27.3. The standard InChI is InChI=1S/C41H61N3O6/c1-4-5-11-38-28(24-45)19-29(50-38)14-12-27-13-15-36(47)39(18-27)49-25-37(48)33-20-31-34(44-33)21-41(16-6-7-17-41)32-10-8-9-30(32)40(31)35(23-42-3)43-22-26(2)46/h13,15,18-20,26,30,32,35,37-38,40,42-43,45-48H,4-12,14,16-17,21-25H2,1-3H3/t26-,30-,32+,35-,37-,38?,40-/m0/s1. The highest BCUT2D eigenvalue weighted by molar-refractivity contribution is 6.04. The minimum absolute atomic E-state index is 0.0116. The molecule has 9 nitrogen and oxygen atoms in total. The first-order valence-electron chi connectivity index (χ1n) is 19.4. The highest BCUT2D eigenvalue weighted by atomic mass is 16.5. The van der Waals surface area contributed by atoms with Gasteiger partial charge in [0.05, 0.1) is 24.5 Å². The summed E-state index contributed by atoms with van der Waals surface area (Å²) in [6, 6.07) is 6.15. The minimum atomic E-state index is -0.942. The van der Waals surface area contributed by atoms with E-state index in [2.05, 4.69) is 23.6 Å². The number of aryl methyl sites for hydroxylation is 1. The number of allylic oxidation sites excluding steroid dienone is 1. The number of nitrogens with one attached hydrogen (secondary N) is 2. The van der Waals surface area contributed by atoms with Gasteiger partial charge in [0, 0.05) is 31.8 Å². The van der Waals surface area contributed by atoms with Crippen LogP contribution in [0, 0.1) is 35.1 Å². The molecular formula is C41H61N3O6. The van der Waals surface area contributed by atoms with Crippen LogP contribution in [0.4, 0.5) is 0 Å². The third-order valence-corrected chi connectivity index (χ3v) is 12.2. The van der Waals surface area contributed by atoms with Gasteiger partial charge in [-0.25, -0.2) is 0 Å². The molecule has 1 aromatic carbocycles. The van der Waals surface area contributed by atoms with Crippen molar-refractivity contribution in [3.8, 4) is 11.5 Å². The van der Waals surface area contributed by atoms with E-state index < -0.39 is 12.2 Å². The second-order valence-electron chi connectivity index (χ2n) is 15.7. The SMILES string of the molecule is CCCCC1OC(CCc2ccc(O)c(OC[C@H](O)[C+]3C=C4C(=N3)CC3(CCCC3)[C@@H]3CCC[C@@H]3[C@@H]4[C@H](CNC)NC[C@H](C)O)c2)=C[C-]1CO. The summed E-state index contributed by atoms with van der Waals surface area (Å²) in [6.07, 6.45) is 16.9. The van der Waals surface area contributed by atoms with Gasteiger partial charge >= 0.3 is 0 Å². The Hall–Kier alpha value is -2.69. The average molecular weight is 692 g/mol. The molecule has 2 heterocycles. The van der Waals surface area contributed by atoms with Crippen LogP contribution in [-0.2, 0) is 11.2 Å². The molecule has 7 atom stereocenters. The predicted octanol–water partition coefficient (Wildman–Crippen LogP) is 5.57. The van der Waals surface area contributed by atoms with Crippen LogP contribution in [0.25, 0.3) is 0 Å². The molecule has 0 saturated heterocycles. The number of nitrogens with zero attached hydrogens (tertiary/aromatic N) is 1. The molecule has 1 unspecified atom stereocenters. The molecule has 1 aromatic rings. The third kappa shape index (κ3) is 8.18. The van der Waals surface area contributed by atoms with E-state index >= 15 is 0 Å². The van der Waals surface area contributed by atoms with Gasteiger partial charge in [0.2, 0.25) is 0 Å². The van der Waals surface area contributed by atoms with E-state index in [9.17, 15) is 20.4 Å². The van der Waals surface area contributed by atoms with Crippen molar-refractivity contribution in [2.24, 2.45) is 28.2 Å². The topological polar surface area (TPSA) is 136 Å². The van der Waals surface area contributed by atoms with Crippen molar-refractivity contribution >= 4 is 5.71 Å². The fourth-order valence-corrected chi connectivity index (χ4v) is 9.84. The third-order valence-electron chi connectivity index (χ3n) is 12.2. The quantitative estimate of drug-likeness (QED) is 0.117. The molecule has 9 heteroatoms. The van der Waals surface area contributed by atoms with Gasteiger partial charge in [-0.3, -0.25) is 0 Å². The number of aliphatic hydroxyl groups excluding tert-OH is 3. The van der Waals surface area contributed by atoms with E-state index in [1.807, 2.05) is 32.2 Å². The first-order chi connectivity index (χ1) is 24.2. The molecule has 0 radical (unpaired) electrons. The zero-order valence-corrected chi connectivity index (χ0v) is 30.5. The van der Waals surface area contributed by atoms with Gasteiger partial charge in [-0.1, -0.05) is 57.3 Å². The number of phenols is 1. The lowest BCUT2D eigenvalue weighted by Crippen LogP contribution is -2.49. The first kappa shape index (κ1) is 37.1. The van der Waals surface area contributed by atoms with Gasteiger partial charge in [-0.05, 0) is 87.4 Å². The highest BCUT2D eigenvalue weighted by Crippen LogP contribution is 2.61. The number of phenolic OH excluding ortho intramolecular Hbond substituents is 1. The molecule has 276 valence electrons. The molecule has 5 aliphatic rings. The number of aromatic hydroxyl groups is 1. The fraction of sp³-hybridized carbons (Fsp3) is 0.683. The van der Waals surface area contributed by atoms with Crippen LogP contribution in [-0.4, -0.2) is 83.8 Å². The zero-order valence-electron chi connectivity index (χ0n) is 30.5. The van der Waals surface area contributed by atoms with Gasteiger partial charge in [0.1, 0.15) is 12.2 Å². The summed E-state index contributed by atoms with van der Waals surface area (Å²) < 4.78 is 12.2. The summed E-state index contributed by atoms with van der Waals surface area (Å²) in [5, 5.41) is 49.3. The summed E-state index contributed by atoms with van der Waals surface area (Å²) in [7, 11) is 1.99. The lowest BCUT2D eigenvalue weighted by atomic mass is 9.65. The molecule has 3 fully saturated rings. The Morgan fingerprint density at radius 1 is 1.14 bits per heavy atom. The van der Waals surface area contributed by atoms with Crippen LogP contribution in [0.1, 0.15) is 96.5 Å². The second kappa shape index (κ2) is 16.8. The van der Waals surface area contributed by atoms with Crippen molar-refractivity contribution in [2.45, 2.75) is 122 Å². The molecule has 0 aromatic heterocycles. The molecule has 50 heavy (non-hydrogen) atoms. The van der Waals surface area contributed by atoms with Crippen LogP contribution in [0.15, 0.2) is 46.7 Å². The Morgan fingerprint density at radius 2 is 1.96 bits per heavy atom. The number of fused-ring (bicyclic) bond motifs is 3. The van der Waals surface area contributed by atoms with Crippen molar-refractivity contribution in [2.75, 3.05) is 33.4 Å². The Labute approximate surface area is 299 Å². The molecule has 3 saturated carbocycles. The van der Waals surface area contributed by atoms with E-state index in [4.69, 9.17) is 14.5 Å². The Bertz CT molecular complexity index is 1370. The molecule has 0 amide bonds. The number of hydrogen-bond donors (Lipinski definition) is 6. The van der Waals surface area contributed by atoms with Crippen LogP contribution in [0.3, 0.4) is 0 Å². The summed E-state index contributed by atoms with van der Waals surface area (Å²) >= 11 is 0. The number of hydrogen-bond acceptors (Lipinski definition) is 9. The lowest BCUT2D eigenvalue weighted by Gasteiger charge is -2.39. The van der Waals surface area contributed by atoms with Crippen molar-refractivity contribution in [3.05, 3.63) is 59.2 Å². The van der Waals surface area contributed by atoms with E-state index in [1.54, 1.807) is 6.07 Å². The number of unbranched alkanes of at least 4 members (excludes halogenated alkanes) is 1. The van der Waals surface area contributed by atoms with E-state index in [0.717, 1.165) is 55.2 Å². The maximum atomic E-state index is 11.5. The molecule has 6 N–H and O–H groups in total. The van der Waals surface area contributed by atoms with Crippen LogP contribution in [0.2, 0.25) is 0 Å². The fourth-order valence-electron chi connectivity index (χ4n) is 9.84. The number of aliphatic hydroxyl groups is 3. The Kier molecular flexibility index (Phi) is 12.4. The van der Waals surface area contributed by atoms with Crippen LogP contribution < -0.4 is 15.4 Å². The van der Waals surface area contributed by atoms with Crippen molar-refractivity contribution in [3.63, 3.8) is 0 Å². The molecule has 2 aliphatic heterocycles.